The predicted molar refractivity (Wildman–Crippen MR) is 221 cm³/mol. The molecule has 6 rings (SSSR count). The largest absolute Gasteiger partial charge is 0.457 e. The van der Waals surface area contributed by atoms with Gasteiger partial charge in [0.15, 0.2) is 5.71 Å². The van der Waals surface area contributed by atoms with Gasteiger partial charge in [0.1, 0.15) is 23.9 Å². The number of aryl methyl sites for hydroxylation is 1. The molecule has 0 atom stereocenters. The third-order valence-electron chi connectivity index (χ3n) is 11.4. The van der Waals surface area contributed by atoms with Crippen molar-refractivity contribution in [2.75, 3.05) is 18.0 Å². The molecule has 2 heterocycles. The predicted octanol–water partition coefficient (Wildman–Crippen LogP) is 10.8. The fraction of sp³-hybridized carbons (Fsp3) is 0.404. The molecule has 280 valence electrons. The molecule has 3 aromatic rings. The van der Waals surface area contributed by atoms with Gasteiger partial charge >= 0.3 is 0 Å². The highest BCUT2D eigenvalue weighted by Gasteiger charge is 2.44. The van der Waals surface area contributed by atoms with Crippen LogP contribution >= 0.6 is 0 Å². The van der Waals surface area contributed by atoms with Crippen LogP contribution < -0.4 is 14.9 Å². The number of ether oxygens (including phenoxy) is 1. The van der Waals surface area contributed by atoms with Crippen molar-refractivity contribution >= 4 is 31.0 Å². The Morgan fingerprint density at radius 1 is 0.926 bits per heavy atom. The zero-order chi connectivity index (χ0) is 38.5. The maximum Gasteiger partial charge on any atom is 0.226 e. The molecule has 0 bridgehead atoms. The van der Waals surface area contributed by atoms with Crippen LogP contribution in [-0.2, 0) is 15.6 Å². The first kappa shape index (κ1) is 39.1. The fourth-order valence-electron chi connectivity index (χ4n) is 8.35. The Labute approximate surface area is 323 Å². The van der Waals surface area contributed by atoms with Crippen LogP contribution in [0.25, 0.3) is 0 Å². The van der Waals surface area contributed by atoms with Crippen LogP contribution in [0.4, 0.5) is 15.8 Å². The Kier molecular flexibility index (Phi) is 12.1. The minimum Gasteiger partial charge on any atom is -0.457 e. The van der Waals surface area contributed by atoms with Crippen LogP contribution in [0.15, 0.2) is 114 Å². The van der Waals surface area contributed by atoms with E-state index in [4.69, 9.17) is 12.7 Å². The lowest BCUT2D eigenvalue weighted by Gasteiger charge is -2.27. The number of para-hydroxylation sites is 1. The highest BCUT2D eigenvalue weighted by Crippen LogP contribution is 2.48. The Morgan fingerprint density at radius 3 is 2.46 bits per heavy atom. The average molecular weight is 725 g/mol. The first-order valence-corrected chi connectivity index (χ1v) is 19.8. The molecule has 1 aliphatic carbocycles. The van der Waals surface area contributed by atoms with Crippen molar-refractivity contribution in [3.63, 3.8) is 0 Å². The molecule has 3 aromatic carbocycles. The third kappa shape index (κ3) is 8.21. The Balaban J connectivity index is 1.41. The van der Waals surface area contributed by atoms with Crippen LogP contribution in [0.5, 0.6) is 5.75 Å². The van der Waals surface area contributed by atoms with E-state index in [0.717, 1.165) is 92.8 Å². The van der Waals surface area contributed by atoms with Crippen molar-refractivity contribution < 1.29 is 18.5 Å². The SMILES string of the molecule is [B]NC(=O)CCCC[N+]1=C(/C=C/C2=C(Oc3ccc(C)cc3)C(=C/C=C3/N(CCCCC)c4ccc(F)cc4C3(C)C)/CCC2)C(C)(C)c2ccccc21. The molecule has 1 amide bonds. The number of halogens is 1. The van der Waals surface area contributed by atoms with E-state index in [1.165, 1.54) is 33.8 Å². The normalized spacial score (nSPS) is 18.9. The first-order valence-electron chi connectivity index (χ1n) is 19.8. The number of carbonyl (C=O) groups is 1. The zero-order valence-corrected chi connectivity index (χ0v) is 33.1. The average Bonchev–Trinajstić information content (AvgIpc) is 3.50. The number of nitrogens with zero attached hydrogens (tertiary/aromatic N) is 2. The number of amides is 1. The highest BCUT2D eigenvalue weighted by atomic mass is 19.1. The number of benzene rings is 3. The summed E-state index contributed by atoms with van der Waals surface area (Å²) in [6, 6.07) is 22.2. The lowest BCUT2D eigenvalue weighted by molar-refractivity contribution is -0.438. The van der Waals surface area contributed by atoms with Gasteiger partial charge in [0.05, 0.1) is 5.41 Å². The van der Waals surface area contributed by atoms with Crippen molar-refractivity contribution in [3.05, 3.63) is 136 Å². The summed E-state index contributed by atoms with van der Waals surface area (Å²) in [5.74, 6) is 1.39. The number of hydrogen-bond donors (Lipinski definition) is 1. The van der Waals surface area contributed by atoms with E-state index < -0.39 is 0 Å². The van der Waals surface area contributed by atoms with Gasteiger partial charge in [0.25, 0.3) is 0 Å². The second-order valence-electron chi connectivity index (χ2n) is 16.0. The number of fused-ring (bicyclic) bond motifs is 2. The number of carbonyl (C=O) groups excluding carboxylic acids is 1. The smallest absolute Gasteiger partial charge is 0.226 e. The van der Waals surface area contributed by atoms with E-state index in [-0.39, 0.29) is 22.6 Å². The van der Waals surface area contributed by atoms with E-state index in [9.17, 15) is 9.18 Å². The van der Waals surface area contributed by atoms with Gasteiger partial charge in [0, 0.05) is 53.9 Å². The van der Waals surface area contributed by atoms with Crippen molar-refractivity contribution in [2.24, 2.45) is 0 Å². The van der Waals surface area contributed by atoms with Crippen molar-refractivity contribution in [1.29, 1.82) is 0 Å². The standard InChI is InChI=1S/C47H56BFN3O2/c1-7-8-12-30-52-41-27-24-36(49)32-39(41)47(5,6)43(52)29-23-35-16-14-15-34(45(35)54-37-25-20-33(2)21-26-37)22-28-42-46(3,4)38-17-9-10-18-40(38)51(42)31-13-11-19-44(53)50-48/h9-10,17-18,20-29,32H,7-8,11-16,19,30-31H2,1-6H3,(H,50,53)/q+1. The van der Waals surface area contributed by atoms with Crippen LogP contribution in [0.2, 0.25) is 0 Å². The molecule has 2 radical (unpaired) electrons. The highest BCUT2D eigenvalue weighted by molar-refractivity contribution is 6.14. The molecule has 0 aromatic heterocycles. The lowest BCUT2D eigenvalue weighted by Crippen LogP contribution is -2.28. The summed E-state index contributed by atoms with van der Waals surface area (Å²) in [6.45, 7) is 15.0. The molecule has 0 spiro atoms. The molecule has 1 N–H and O–H groups in total. The second-order valence-corrected chi connectivity index (χ2v) is 16.0. The molecule has 3 aliphatic rings. The van der Waals surface area contributed by atoms with Crippen molar-refractivity contribution in [3.8, 4) is 5.75 Å². The molecular formula is C47H56BFN3O2+. The molecule has 54 heavy (non-hydrogen) atoms. The maximum absolute atomic E-state index is 14.6. The van der Waals surface area contributed by atoms with E-state index in [2.05, 4.69) is 117 Å². The summed E-state index contributed by atoms with van der Waals surface area (Å²) in [5.41, 5.74) is 10.0. The minimum absolute atomic E-state index is 0.134. The van der Waals surface area contributed by atoms with Gasteiger partial charge in [-0.2, -0.15) is 4.58 Å². The lowest BCUT2D eigenvalue weighted by atomic mass is 9.81. The Bertz CT molecular complexity index is 2020. The molecule has 7 heteroatoms. The third-order valence-corrected chi connectivity index (χ3v) is 11.4. The van der Waals surface area contributed by atoms with E-state index in [1.807, 2.05) is 18.2 Å². The fourth-order valence-corrected chi connectivity index (χ4v) is 8.35. The molecule has 0 saturated heterocycles. The van der Waals surface area contributed by atoms with Crippen molar-refractivity contribution in [1.82, 2.24) is 5.23 Å². The Morgan fingerprint density at radius 2 is 1.70 bits per heavy atom. The quantitative estimate of drug-likeness (QED) is 0.102. The van der Waals surface area contributed by atoms with Crippen LogP contribution in [-0.4, -0.2) is 37.3 Å². The van der Waals surface area contributed by atoms with E-state index in [0.29, 0.717) is 6.42 Å². The molecule has 0 unspecified atom stereocenters. The Hall–Kier alpha value is -4.65. The topological polar surface area (TPSA) is 44.6 Å². The monoisotopic (exact) mass is 724 g/mol. The van der Waals surface area contributed by atoms with Crippen LogP contribution in [0, 0.1) is 12.7 Å². The summed E-state index contributed by atoms with van der Waals surface area (Å²) >= 11 is 0. The first-order chi connectivity index (χ1) is 25.9. The molecular weight excluding hydrogens is 668 g/mol. The molecule has 0 saturated carbocycles. The molecule has 2 aliphatic heterocycles. The van der Waals surface area contributed by atoms with Crippen molar-refractivity contribution in [2.45, 2.75) is 110 Å². The van der Waals surface area contributed by atoms with Crippen LogP contribution in [0.1, 0.15) is 109 Å². The van der Waals surface area contributed by atoms with E-state index >= 15 is 0 Å². The maximum atomic E-state index is 14.6. The van der Waals surface area contributed by atoms with Gasteiger partial charge < -0.3 is 14.9 Å². The summed E-state index contributed by atoms with van der Waals surface area (Å²) in [7, 11) is 5.34. The zero-order valence-electron chi connectivity index (χ0n) is 33.1. The summed E-state index contributed by atoms with van der Waals surface area (Å²) in [4.78, 5) is 14.2. The molecule has 0 fully saturated rings. The summed E-state index contributed by atoms with van der Waals surface area (Å²) < 4.78 is 23.9. The summed E-state index contributed by atoms with van der Waals surface area (Å²) in [6.07, 6.45) is 17.3. The van der Waals surface area contributed by atoms with Gasteiger partial charge in [-0.05, 0) is 112 Å². The van der Waals surface area contributed by atoms with Gasteiger partial charge in [-0.3, -0.25) is 4.79 Å². The number of hydrogen-bond acceptors (Lipinski definition) is 3. The summed E-state index contributed by atoms with van der Waals surface area (Å²) in [5, 5.41) is 2.25. The van der Waals surface area contributed by atoms with Gasteiger partial charge in [-0.1, -0.05) is 75.6 Å². The number of nitrogens with one attached hydrogen (secondary N) is 1. The van der Waals surface area contributed by atoms with Crippen LogP contribution in [0.3, 0.4) is 0 Å². The number of rotatable bonds is 14. The van der Waals surface area contributed by atoms with Gasteiger partial charge in [0.2, 0.25) is 19.6 Å². The van der Waals surface area contributed by atoms with E-state index in [1.54, 1.807) is 12.1 Å². The minimum atomic E-state index is -0.350. The van der Waals surface area contributed by atoms with Gasteiger partial charge in [-0.15, -0.1) is 0 Å². The van der Waals surface area contributed by atoms with Gasteiger partial charge in [-0.25, -0.2) is 4.39 Å². The number of allylic oxidation sites excluding steroid dienone is 7. The molecule has 5 nitrogen and oxygen atoms in total. The second kappa shape index (κ2) is 16.8. The number of unbranched alkanes of at least 4 members (excludes halogenated alkanes) is 3. The number of anilines is 1.